The van der Waals surface area contributed by atoms with Crippen LogP contribution in [0.5, 0.6) is 0 Å². The summed E-state index contributed by atoms with van der Waals surface area (Å²) >= 11 is 0. The summed E-state index contributed by atoms with van der Waals surface area (Å²) in [7, 11) is -0.810. The Hall–Kier alpha value is -0.420. The fraction of sp³-hybridized carbons (Fsp3) is 0.923. The molecule has 0 radical (unpaired) electrons. The first kappa shape index (κ1) is 15.6. The predicted octanol–water partition coefficient (Wildman–Crippen LogP) is 1.19. The molecule has 1 N–H and O–H groups in total. The molecular weight excluding hydrogens is 248 g/mol. The molecular formula is C13H26N2O2S. The molecule has 0 saturated carbocycles. The maximum absolute atomic E-state index is 12.3. The van der Waals surface area contributed by atoms with Crippen molar-refractivity contribution >= 4 is 16.7 Å². The van der Waals surface area contributed by atoms with Gasteiger partial charge >= 0.3 is 0 Å². The van der Waals surface area contributed by atoms with Crippen LogP contribution in [0.15, 0.2) is 0 Å². The minimum atomic E-state index is -0.810. The van der Waals surface area contributed by atoms with Crippen LogP contribution in [0, 0.1) is 11.8 Å². The van der Waals surface area contributed by atoms with E-state index in [4.69, 9.17) is 0 Å². The molecule has 18 heavy (non-hydrogen) atoms. The first-order valence-electron chi connectivity index (χ1n) is 6.80. The number of carbonyl (C=O) groups excluding carboxylic acids is 1. The van der Waals surface area contributed by atoms with E-state index >= 15 is 0 Å². The molecule has 1 saturated heterocycles. The van der Waals surface area contributed by atoms with Gasteiger partial charge in [0, 0.05) is 28.9 Å². The lowest BCUT2D eigenvalue weighted by Gasteiger charge is -2.26. The lowest BCUT2D eigenvalue weighted by Crippen LogP contribution is -2.43. The Kier molecular flexibility index (Phi) is 5.79. The molecule has 1 fully saturated rings. The minimum Gasteiger partial charge on any atom is -0.325 e. The monoisotopic (exact) mass is 274 g/mol. The van der Waals surface area contributed by atoms with Gasteiger partial charge in [0.2, 0.25) is 5.91 Å². The van der Waals surface area contributed by atoms with Crippen LogP contribution in [0.25, 0.3) is 0 Å². The standard InChI is InChI=1S/C13H26N2O2S/c1-6-18(17)8-7-15-12(10(4)5)14-11(9(2)3)13(15)16/h9-12,14H,6-8H2,1-5H3. The van der Waals surface area contributed by atoms with E-state index < -0.39 is 10.8 Å². The zero-order chi connectivity index (χ0) is 13.9. The summed E-state index contributed by atoms with van der Waals surface area (Å²) in [6.45, 7) is 10.8. The van der Waals surface area contributed by atoms with Gasteiger partial charge in [-0.25, -0.2) is 0 Å². The van der Waals surface area contributed by atoms with Gasteiger partial charge in [-0.05, 0) is 11.8 Å². The van der Waals surface area contributed by atoms with Crippen molar-refractivity contribution in [2.24, 2.45) is 11.8 Å². The van der Waals surface area contributed by atoms with Crippen LogP contribution in [0.4, 0.5) is 0 Å². The quantitative estimate of drug-likeness (QED) is 0.791. The van der Waals surface area contributed by atoms with Gasteiger partial charge < -0.3 is 4.90 Å². The highest BCUT2D eigenvalue weighted by molar-refractivity contribution is 7.84. The first-order chi connectivity index (χ1) is 8.38. The fourth-order valence-electron chi connectivity index (χ4n) is 2.28. The summed E-state index contributed by atoms with van der Waals surface area (Å²) < 4.78 is 11.5. The van der Waals surface area contributed by atoms with E-state index in [2.05, 4.69) is 33.0 Å². The third-order valence-electron chi connectivity index (χ3n) is 3.42. The average Bonchev–Trinajstić information content (AvgIpc) is 2.63. The van der Waals surface area contributed by atoms with Crippen LogP contribution in [0.2, 0.25) is 0 Å². The third-order valence-corrected chi connectivity index (χ3v) is 4.70. The summed E-state index contributed by atoms with van der Waals surface area (Å²) in [5.41, 5.74) is 0. The second-order valence-corrected chi connectivity index (χ2v) is 7.41. The molecule has 0 aromatic rings. The number of rotatable bonds is 6. The van der Waals surface area contributed by atoms with Gasteiger partial charge in [-0.3, -0.25) is 14.3 Å². The van der Waals surface area contributed by atoms with Gasteiger partial charge in [-0.15, -0.1) is 0 Å². The van der Waals surface area contributed by atoms with Gasteiger partial charge in [0.15, 0.2) is 0 Å². The van der Waals surface area contributed by atoms with Crippen molar-refractivity contribution in [1.29, 1.82) is 0 Å². The molecule has 3 atom stereocenters. The fourth-order valence-corrected chi connectivity index (χ4v) is 2.97. The van der Waals surface area contributed by atoms with Crippen LogP contribution in [-0.4, -0.2) is 45.3 Å². The van der Waals surface area contributed by atoms with Crippen molar-refractivity contribution in [1.82, 2.24) is 10.2 Å². The second kappa shape index (κ2) is 6.66. The van der Waals surface area contributed by atoms with Crippen LogP contribution >= 0.6 is 0 Å². The Balaban J connectivity index is 2.72. The van der Waals surface area contributed by atoms with Gasteiger partial charge in [-0.2, -0.15) is 0 Å². The summed E-state index contributed by atoms with van der Waals surface area (Å²) in [6.07, 6.45) is 0.0822. The maximum atomic E-state index is 12.3. The van der Waals surface area contributed by atoms with E-state index in [-0.39, 0.29) is 18.1 Å². The highest BCUT2D eigenvalue weighted by atomic mass is 32.2. The normalized spacial score (nSPS) is 26.4. The number of nitrogens with one attached hydrogen (secondary N) is 1. The average molecular weight is 274 g/mol. The predicted molar refractivity (Wildman–Crippen MR) is 75.7 cm³/mol. The van der Waals surface area contributed by atoms with E-state index in [1.165, 1.54) is 0 Å². The molecule has 1 amide bonds. The molecule has 0 spiro atoms. The van der Waals surface area contributed by atoms with Gasteiger partial charge in [0.05, 0.1) is 12.2 Å². The van der Waals surface area contributed by atoms with E-state index in [9.17, 15) is 9.00 Å². The molecule has 0 aliphatic carbocycles. The van der Waals surface area contributed by atoms with Crippen LogP contribution in [0.1, 0.15) is 34.6 Å². The van der Waals surface area contributed by atoms with Crippen LogP contribution in [-0.2, 0) is 15.6 Å². The van der Waals surface area contributed by atoms with Crippen molar-refractivity contribution < 1.29 is 9.00 Å². The van der Waals surface area contributed by atoms with E-state index in [1.54, 1.807) is 0 Å². The molecule has 1 aliphatic rings. The Morgan fingerprint density at radius 1 is 1.28 bits per heavy atom. The van der Waals surface area contributed by atoms with Crippen molar-refractivity contribution in [3.63, 3.8) is 0 Å². The van der Waals surface area contributed by atoms with Crippen molar-refractivity contribution in [2.45, 2.75) is 46.8 Å². The highest BCUT2D eigenvalue weighted by Gasteiger charge is 2.41. The lowest BCUT2D eigenvalue weighted by atomic mass is 10.1. The summed E-state index contributed by atoms with van der Waals surface area (Å²) in [6, 6.07) is -0.0903. The van der Waals surface area contributed by atoms with Crippen molar-refractivity contribution in [2.75, 3.05) is 18.1 Å². The molecule has 106 valence electrons. The molecule has 1 heterocycles. The Bertz CT molecular complexity index is 318. The molecule has 1 rings (SSSR count). The molecule has 0 aromatic carbocycles. The largest absolute Gasteiger partial charge is 0.325 e. The van der Waals surface area contributed by atoms with Gasteiger partial charge in [0.1, 0.15) is 0 Å². The Labute approximate surface area is 113 Å². The van der Waals surface area contributed by atoms with E-state index in [0.29, 0.717) is 29.9 Å². The molecule has 0 bridgehead atoms. The van der Waals surface area contributed by atoms with Crippen LogP contribution in [0.3, 0.4) is 0 Å². The lowest BCUT2D eigenvalue weighted by molar-refractivity contribution is -0.130. The SMILES string of the molecule is CCS(=O)CCN1C(=O)C(C(C)C)NC1C(C)C. The maximum Gasteiger partial charge on any atom is 0.241 e. The Morgan fingerprint density at radius 2 is 1.89 bits per heavy atom. The zero-order valence-electron chi connectivity index (χ0n) is 12.1. The number of carbonyl (C=O) groups is 1. The smallest absolute Gasteiger partial charge is 0.241 e. The summed E-state index contributed by atoms with van der Waals surface area (Å²) in [4.78, 5) is 14.2. The molecule has 0 aromatic heterocycles. The number of hydrogen-bond acceptors (Lipinski definition) is 3. The summed E-state index contributed by atoms with van der Waals surface area (Å²) in [5.74, 6) is 2.07. The number of amides is 1. The molecule has 1 aliphatic heterocycles. The Morgan fingerprint density at radius 3 is 2.33 bits per heavy atom. The number of hydrogen-bond donors (Lipinski definition) is 1. The van der Waals surface area contributed by atoms with E-state index in [1.807, 2.05) is 11.8 Å². The van der Waals surface area contributed by atoms with Gasteiger partial charge in [0.25, 0.3) is 0 Å². The number of nitrogens with zero attached hydrogens (tertiary/aromatic N) is 1. The molecule has 4 nitrogen and oxygen atoms in total. The minimum absolute atomic E-state index is 0.0822. The molecule has 3 unspecified atom stereocenters. The molecule has 5 heteroatoms. The van der Waals surface area contributed by atoms with Crippen molar-refractivity contribution in [3.05, 3.63) is 0 Å². The second-order valence-electron chi connectivity index (χ2n) is 5.54. The zero-order valence-corrected chi connectivity index (χ0v) is 12.9. The van der Waals surface area contributed by atoms with Gasteiger partial charge in [-0.1, -0.05) is 34.6 Å². The van der Waals surface area contributed by atoms with Crippen molar-refractivity contribution in [3.8, 4) is 0 Å². The van der Waals surface area contributed by atoms with E-state index in [0.717, 1.165) is 0 Å². The summed E-state index contributed by atoms with van der Waals surface area (Å²) in [5, 5.41) is 3.41. The third kappa shape index (κ3) is 3.54. The highest BCUT2D eigenvalue weighted by Crippen LogP contribution is 2.21. The topological polar surface area (TPSA) is 49.4 Å². The van der Waals surface area contributed by atoms with Crippen LogP contribution < -0.4 is 5.32 Å². The first-order valence-corrected chi connectivity index (χ1v) is 8.28.